The minimum absolute atomic E-state index is 0.0640. The average molecular weight is 297 g/mol. The Morgan fingerprint density at radius 2 is 2.20 bits per heavy atom. The molecule has 0 saturated heterocycles. The van der Waals surface area contributed by atoms with Crippen LogP contribution in [-0.4, -0.2) is 37.6 Å². The van der Waals surface area contributed by atoms with Crippen molar-refractivity contribution in [3.63, 3.8) is 0 Å². The average Bonchev–Trinajstić information content (AvgIpc) is 2.45. The van der Waals surface area contributed by atoms with Crippen molar-refractivity contribution in [2.45, 2.75) is 13.3 Å². The van der Waals surface area contributed by atoms with Gasteiger partial charge in [0.15, 0.2) is 0 Å². The van der Waals surface area contributed by atoms with Gasteiger partial charge < -0.3 is 10.1 Å². The van der Waals surface area contributed by atoms with E-state index in [0.29, 0.717) is 24.5 Å². The first-order valence-corrected chi connectivity index (χ1v) is 7.05. The Labute approximate surface area is 125 Å². The molecule has 20 heavy (non-hydrogen) atoms. The van der Waals surface area contributed by atoms with Crippen LogP contribution in [0.2, 0.25) is 0 Å². The monoisotopic (exact) mass is 296 g/mol. The highest BCUT2D eigenvalue weighted by molar-refractivity contribution is 6.25. The number of para-hydroxylation sites is 2. The van der Waals surface area contributed by atoms with Crippen molar-refractivity contribution < 1.29 is 9.53 Å². The smallest absolute Gasteiger partial charge is 0.238 e. The molecule has 0 aromatic heterocycles. The molecule has 0 bridgehead atoms. The number of rotatable bonds is 8. The van der Waals surface area contributed by atoms with Gasteiger partial charge in [-0.05, 0) is 25.1 Å². The molecule has 0 aliphatic rings. The van der Waals surface area contributed by atoms with Crippen molar-refractivity contribution in [1.29, 1.82) is 0 Å². The molecule has 0 aliphatic heterocycles. The fraction of sp³-hybridized carbons (Fsp3) is 0.400. The lowest BCUT2D eigenvalue weighted by Crippen LogP contribution is -2.34. The van der Waals surface area contributed by atoms with Gasteiger partial charge in [0, 0.05) is 12.1 Å². The van der Waals surface area contributed by atoms with Gasteiger partial charge in [-0.1, -0.05) is 36.7 Å². The van der Waals surface area contributed by atoms with Crippen LogP contribution in [0.15, 0.2) is 35.9 Å². The molecule has 0 fully saturated rings. The number of hydrogen-bond acceptors (Lipinski definition) is 3. The molecule has 0 aliphatic carbocycles. The van der Waals surface area contributed by atoms with Crippen LogP contribution in [-0.2, 0) is 4.79 Å². The van der Waals surface area contributed by atoms with Crippen LogP contribution in [0, 0.1) is 0 Å². The summed E-state index contributed by atoms with van der Waals surface area (Å²) in [6.45, 7) is 3.92. The van der Waals surface area contributed by atoms with Gasteiger partial charge in [0.25, 0.3) is 0 Å². The molecule has 1 aromatic carbocycles. The number of carbonyl (C=O) groups excluding carboxylic acids is 1. The van der Waals surface area contributed by atoms with Crippen LogP contribution < -0.4 is 10.1 Å². The zero-order valence-electron chi connectivity index (χ0n) is 11.9. The predicted molar refractivity (Wildman–Crippen MR) is 83.3 cm³/mol. The Bertz CT molecular complexity index is 449. The van der Waals surface area contributed by atoms with E-state index in [1.165, 1.54) is 5.54 Å². The van der Waals surface area contributed by atoms with Gasteiger partial charge in [0.1, 0.15) is 5.75 Å². The summed E-state index contributed by atoms with van der Waals surface area (Å²) in [5.74, 6) is 0.592. The molecule has 1 amide bonds. The third kappa shape index (κ3) is 5.63. The van der Waals surface area contributed by atoms with Crippen molar-refractivity contribution in [2.24, 2.45) is 0 Å². The maximum atomic E-state index is 12.1. The highest BCUT2D eigenvalue weighted by Gasteiger charge is 2.11. The van der Waals surface area contributed by atoms with E-state index in [0.717, 1.165) is 13.0 Å². The predicted octanol–water partition coefficient (Wildman–Crippen LogP) is 3.10. The van der Waals surface area contributed by atoms with Crippen molar-refractivity contribution >= 4 is 23.2 Å². The van der Waals surface area contributed by atoms with E-state index in [4.69, 9.17) is 16.3 Å². The molecule has 1 rings (SSSR count). The highest BCUT2D eigenvalue weighted by atomic mass is 35.5. The van der Waals surface area contributed by atoms with E-state index in [9.17, 15) is 4.79 Å². The first-order valence-electron chi connectivity index (χ1n) is 6.61. The second kappa shape index (κ2) is 9.39. The highest BCUT2D eigenvalue weighted by Crippen LogP contribution is 2.22. The molecule has 0 spiro atoms. The maximum Gasteiger partial charge on any atom is 0.238 e. The van der Waals surface area contributed by atoms with E-state index in [1.807, 2.05) is 35.2 Å². The number of methoxy groups -OCH3 is 1. The number of nitrogens with one attached hydrogen (secondary N) is 1. The molecule has 1 N–H and O–H groups in total. The first-order chi connectivity index (χ1) is 9.71. The van der Waals surface area contributed by atoms with Crippen molar-refractivity contribution in [2.75, 3.05) is 32.1 Å². The number of amides is 1. The van der Waals surface area contributed by atoms with Gasteiger partial charge in [0.2, 0.25) is 5.91 Å². The number of hydrogen-bond donors (Lipinski definition) is 1. The Hall–Kier alpha value is -1.52. The third-order valence-electron chi connectivity index (χ3n) is 2.74. The molecular formula is C15H21ClN2O2. The number of carbonyl (C=O) groups is 1. The van der Waals surface area contributed by atoms with E-state index < -0.39 is 0 Å². The SMILES string of the molecule is CCCN(C/C=C/Cl)CC(=O)Nc1ccccc1OC. The lowest BCUT2D eigenvalue weighted by Gasteiger charge is -2.19. The molecule has 0 radical (unpaired) electrons. The van der Waals surface area contributed by atoms with Crippen LogP contribution >= 0.6 is 11.6 Å². The largest absolute Gasteiger partial charge is 0.495 e. The minimum atomic E-state index is -0.0640. The Morgan fingerprint density at radius 1 is 1.45 bits per heavy atom. The van der Waals surface area contributed by atoms with E-state index in [-0.39, 0.29) is 5.91 Å². The topological polar surface area (TPSA) is 41.6 Å². The van der Waals surface area contributed by atoms with Crippen LogP contribution in [0.4, 0.5) is 5.69 Å². The van der Waals surface area contributed by atoms with Crippen LogP contribution in [0.1, 0.15) is 13.3 Å². The third-order valence-corrected chi connectivity index (χ3v) is 2.92. The summed E-state index contributed by atoms with van der Waals surface area (Å²) in [4.78, 5) is 14.1. The number of nitrogens with zero attached hydrogens (tertiary/aromatic N) is 1. The molecule has 110 valence electrons. The number of benzene rings is 1. The molecule has 0 saturated carbocycles. The number of anilines is 1. The van der Waals surface area contributed by atoms with Gasteiger partial charge in [0.05, 0.1) is 19.3 Å². The summed E-state index contributed by atoms with van der Waals surface area (Å²) < 4.78 is 5.21. The van der Waals surface area contributed by atoms with Gasteiger partial charge in [-0.25, -0.2) is 0 Å². The van der Waals surface area contributed by atoms with Crippen molar-refractivity contribution in [3.8, 4) is 5.75 Å². The minimum Gasteiger partial charge on any atom is -0.495 e. The lowest BCUT2D eigenvalue weighted by molar-refractivity contribution is -0.117. The standard InChI is InChI=1S/C15H21ClN2O2/c1-3-10-18(11-6-9-16)12-15(19)17-13-7-4-5-8-14(13)20-2/h4-9H,3,10-12H2,1-2H3,(H,17,19)/b9-6+. The Kier molecular flexibility index (Phi) is 7.77. The first kappa shape index (κ1) is 16.5. The molecule has 0 heterocycles. The number of ether oxygens (including phenoxy) is 1. The van der Waals surface area contributed by atoms with E-state index in [2.05, 4.69) is 12.2 Å². The summed E-state index contributed by atoms with van der Waals surface area (Å²) in [6, 6.07) is 7.36. The molecule has 4 nitrogen and oxygen atoms in total. The maximum absolute atomic E-state index is 12.1. The van der Waals surface area contributed by atoms with Crippen LogP contribution in [0.25, 0.3) is 0 Å². The van der Waals surface area contributed by atoms with Gasteiger partial charge in [-0.3, -0.25) is 9.69 Å². The van der Waals surface area contributed by atoms with Gasteiger partial charge in [-0.2, -0.15) is 0 Å². The molecule has 0 unspecified atom stereocenters. The summed E-state index contributed by atoms with van der Waals surface area (Å²) in [5, 5.41) is 2.86. The molecule has 1 aromatic rings. The lowest BCUT2D eigenvalue weighted by atomic mass is 10.3. The Balaban J connectivity index is 2.60. The van der Waals surface area contributed by atoms with Crippen LogP contribution in [0.5, 0.6) is 5.75 Å². The number of halogens is 1. The van der Waals surface area contributed by atoms with Crippen molar-refractivity contribution in [1.82, 2.24) is 4.90 Å². The molecule has 0 atom stereocenters. The summed E-state index contributed by atoms with van der Waals surface area (Å²) >= 11 is 5.53. The van der Waals surface area contributed by atoms with Crippen LogP contribution in [0.3, 0.4) is 0 Å². The zero-order valence-corrected chi connectivity index (χ0v) is 12.7. The van der Waals surface area contributed by atoms with Gasteiger partial charge >= 0.3 is 0 Å². The fourth-order valence-electron chi connectivity index (χ4n) is 1.88. The van der Waals surface area contributed by atoms with Gasteiger partial charge in [-0.15, -0.1) is 0 Å². The zero-order chi connectivity index (χ0) is 14.8. The second-order valence-electron chi connectivity index (χ2n) is 4.35. The summed E-state index contributed by atoms with van der Waals surface area (Å²) in [5.41, 5.74) is 2.16. The van der Waals surface area contributed by atoms with Crippen molar-refractivity contribution in [3.05, 3.63) is 35.9 Å². The van der Waals surface area contributed by atoms with E-state index >= 15 is 0 Å². The van der Waals surface area contributed by atoms with E-state index in [1.54, 1.807) is 7.11 Å². The quantitative estimate of drug-likeness (QED) is 0.801. The summed E-state index contributed by atoms with van der Waals surface area (Å²) in [7, 11) is 1.58. The summed E-state index contributed by atoms with van der Waals surface area (Å²) in [6.07, 6.45) is 2.81. The molecule has 5 heteroatoms. The normalized spacial score (nSPS) is 11.0. The second-order valence-corrected chi connectivity index (χ2v) is 4.60. The Morgan fingerprint density at radius 3 is 2.85 bits per heavy atom. The molecular weight excluding hydrogens is 276 g/mol. The fourth-order valence-corrected chi connectivity index (χ4v) is 1.96.